The predicted molar refractivity (Wildman–Crippen MR) is 94.7 cm³/mol. The van der Waals surface area contributed by atoms with E-state index in [-0.39, 0.29) is 0 Å². The van der Waals surface area contributed by atoms with E-state index in [2.05, 4.69) is 15.3 Å². The molecule has 0 radical (unpaired) electrons. The minimum atomic E-state index is 0.591. The first-order chi connectivity index (χ1) is 11.2. The highest BCUT2D eigenvalue weighted by Crippen LogP contribution is 2.28. The molecule has 1 aromatic rings. The monoisotopic (exact) mass is 320 g/mol. The van der Waals surface area contributed by atoms with Crippen LogP contribution in [0.2, 0.25) is 0 Å². The third-order valence-electron chi connectivity index (χ3n) is 3.18. The number of hydrogen-bond acceptors (Lipinski definition) is 5. The summed E-state index contributed by atoms with van der Waals surface area (Å²) in [4.78, 5) is 4.59. The summed E-state index contributed by atoms with van der Waals surface area (Å²) < 4.78 is 11.6. The van der Waals surface area contributed by atoms with Crippen LogP contribution in [0.15, 0.2) is 29.4 Å². The minimum Gasteiger partial charge on any atom is -0.493 e. The Hall–Kier alpha value is -2.01. The first kappa shape index (κ1) is 19.0. The molecular formula is C18H28N2O3. The van der Waals surface area contributed by atoms with Crippen molar-refractivity contribution in [2.75, 3.05) is 33.4 Å². The maximum Gasteiger partial charge on any atom is 0.125 e. The maximum atomic E-state index is 5.91. The Kier molecular flexibility index (Phi) is 9.55. The van der Waals surface area contributed by atoms with Gasteiger partial charge in [0.25, 0.3) is 0 Å². The third kappa shape index (κ3) is 7.70. The van der Waals surface area contributed by atoms with Crippen LogP contribution in [0.5, 0.6) is 11.5 Å². The van der Waals surface area contributed by atoms with Crippen molar-refractivity contribution in [3.8, 4) is 11.5 Å². The number of ether oxygens (including phenoxy) is 2. The molecule has 0 saturated heterocycles. The normalized spacial score (nSPS) is 11.3. The van der Waals surface area contributed by atoms with Crippen LogP contribution >= 0.6 is 0 Å². The first-order valence-corrected chi connectivity index (χ1v) is 7.92. The Morgan fingerprint density at radius 3 is 2.57 bits per heavy atom. The average molecular weight is 320 g/mol. The van der Waals surface area contributed by atoms with Gasteiger partial charge in [0, 0.05) is 6.54 Å². The zero-order valence-corrected chi connectivity index (χ0v) is 14.6. The number of oxime groups is 1. The van der Waals surface area contributed by atoms with Crippen molar-refractivity contribution >= 4 is 6.21 Å². The molecule has 23 heavy (non-hydrogen) atoms. The lowest BCUT2D eigenvalue weighted by molar-refractivity contribution is 0.214. The fourth-order valence-electron chi connectivity index (χ4n) is 2.11. The highest BCUT2D eigenvalue weighted by Gasteiger charge is 2.07. The second-order valence-corrected chi connectivity index (χ2v) is 5.14. The Labute approximate surface area is 139 Å². The summed E-state index contributed by atoms with van der Waals surface area (Å²) in [6, 6.07) is 4.04. The van der Waals surface area contributed by atoms with Gasteiger partial charge < -0.3 is 19.6 Å². The largest absolute Gasteiger partial charge is 0.493 e. The molecule has 0 aliphatic heterocycles. The van der Waals surface area contributed by atoms with Gasteiger partial charge in [0.05, 0.1) is 12.8 Å². The Morgan fingerprint density at radius 1 is 1.17 bits per heavy atom. The number of aryl methyl sites for hydroxylation is 2. The second kappa shape index (κ2) is 11.5. The van der Waals surface area contributed by atoms with Gasteiger partial charge in [-0.15, -0.1) is 0 Å². The van der Waals surface area contributed by atoms with Crippen molar-refractivity contribution < 1.29 is 14.3 Å². The number of allylic oxidation sites excluding steroid dienone is 1. The maximum absolute atomic E-state index is 5.91. The minimum absolute atomic E-state index is 0.591. The van der Waals surface area contributed by atoms with Crippen molar-refractivity contribution in [2.24, 2.45) is 5.16 Å². The zero-order chi connectivity index (χ0) is 16.9. The summed E-state index contributed by atoms with van der Waals surface area (Å²) >= 11 is 0. The number of nitrogens with one attached hydrogen (secondary N) is 1. The summed E-state index contributed by atoms with van der Waals surface area (Å²) in [5, 5.41) is 6.90. The second-order valence-electron chi connectivity index (χ2n) is 5.14. The Morgan fingerprint density at radius 2 is 1.91 bits per heavy atom. The summed E-state index contributed by atoms with van der Waals surface area (Å²) in [6.07, 6.45) is 6.59. The smallest absolute Gasteiger partial charge is 0.125 e. The molecule has 5 heteroatoms. The topological polar surface area (TPSA) is 52.1 Å². The third-order valence-corrected chi connectivity index (χ3v) is 3.18. The molecule has 0 atom stereocenters. The van der Waals surface area contributed by atoms with Crippen LogP contribution in [-0.4, -0.2) is 39.6 Å². The van der Waals surface area contributed by atoms with E-state index in [9.17, 15) is 0 Å². The van der Waals surface area contributed by atoms with Crippen molar-refractivity contribution in [1.82, 2.24) is 5.32 Å². The van der Waals surface area contributed by atoms with E-state index in [0.29, 0.717) is 19.8 Å². The van der Waals surface area contributed by atoms with Gasteiger partial charge in [0.15, 0.2) is 0 Å². The fourth-order valence-corrected chi connectivity index (χ4v) is 2.11. The molecule has 0 spiro atoms. The van der Waals surface area contributed by atoms with E-state index in [0.717, 1.165) is 35.6 Å². The van der Waals surface area contributed by atoms with Gasteiger partial charge in [-0.3, -0.25) is 0 Å². The van der Waals surface area contributed by atoms with E-state index in [1.807, 2.05) is 45.1 Å². The number of benzene rings is 1. The van der Waals surface area contributed by atoms with Gasteiger partial charge in [-0.25, -0.2) is 0 Å². The van der Waals surface area contributed by atoms with Crippen molar-refractivity contribution in [2.45, 2.75) is 27.2 Å². The molecule has 0 unspecified atom stereocenters. The first-order valence-electron chi connectivity index (χ1n) is 7.92. The van der Waals surface area contributed by atoms with Crippen molar-refractivity contribution in [3.63, 3.8) is 0 Å². The summed E-state index contributed by atoms with van der Waals surface area (Å²) in [5.41, 5.74) is 2.20. The predicted octanol–water partition coefficient (Wildman–Crippen LogP) is 3.25. The van der Waals surface area contributed by atoms with E-state index >= 15 is 0 Å². The van der Waals surface area contributed by atoms with Crippen molar-refractivity contribution in [3.05, 3.63) is 35.4 Å². The molecule has 5 nitrogen and oxygen atoms in total. The Bertz CT molecular complexity index is 490. The lowest BCUT2D eigenvalue weighted by atomic mass is 10.1. The molecule has 1 rings (SSSR count). The van der Waals surface area contributed by atoms with E-state index in [4.69, 9.17) is 9.47 Å². The highest BCUT2D eigenvalue weighted by atomic mass is 16.6. The van der Waals surface area contributed by atoms with Crippen LogP contribution < -0.4 is 14.8 Å². The van der Waals surface area contributed by atoms with Crippen LogP contribution in [0.4, 0.5) is 0 Å². The lowest BCUT2D eigenvalue weighted by Crippen LogP contribution is -2.19. The van der Waals surface area contributed by atoms with E-state index in [1.165, 1.54) is 7.11 Å². The van der Waals surface area contributed by atoms with Gasteiger partial charge in [-0.05, 0) is 57.0 Å². The average Bonchev–Trinajstić information content (AvgIpc) is 2.52. The molecule has 0 saturated carbocycles. The van der Waals surface area contributed by atoms with Crippen LogP contribution in [-0.2, 0) is 4.84 Å². The van der Waals surface area contributed by atoms with E-state index in [1.54, 1.807) is 6.21 Å². The molecule has 0 aliphatic carbocycles. The SMILES string of the molecule is C/C=C/COc1cc(C)c(OCCCNCC=NOC)c(C)c1. The number of nitrogens with zero attached hydrogens (tertiary/aromatic N) is 1. The quantitative estimate of drug-likeness (QED) is 0.294. The molecule has 0 amide bonds. The van der Waals surface area contributed by atoms with Crippen LogP contribution in [0.1, 0.15) is 24.5 Å². The summed E-state index contributed by atoms with van der Waals surface area (Å²) in [7, 11) is 1.53. The Balaban J connectivity index is 2.37. The summed E-state index contributed by atoms with van der Waals surface area (Å²) in [5.74, 6) is 1.83. The summed E-state index contributed by atoms with van der Waals surface area (Å²) in [6.45, 7) is 8.91. The van der Waals surface area contributed by atoms with Gasteiger partial charge in [-0.2, -0.15) is 0 Å². The van der Waals surface area contributed by atoms with Crippen LogP contribution in [0.25, 0.3) is 0 Å². The van der Waals surface area contributed by atoms with Gasteiger partial charge in [-0.1, -0.05) is 17.3 Å². The van der Waals surface area contributed by atoms with Gasteiger partial charge in [0.1, 0.15) is 25.2 Å². The van der Waals surface area contributed by atoms with Crippen LogP contribution in [0.3, 0.4) is 0 Å². The van der Waals surface area contributed by atoms with Crippen LogP contribution in [0, 0.1) is 13.8 Å². The zero-order valence-electron chi connectivity index (χ0n) is 14.6. The molecule has 0 heterocycles. The lowest BCUT2D eigenvalue weighted by Gasteiger charge is -2.14. The van der Waals surface area contributed by atoms with Gasteiger partial charge >= 0.3 is 0 Å². The molecule has 1 N–H and O–H groups in total. The standard InChI is InChI=1S/C18H28N2O3/c1-5-6-11-22-17-13-15(2)18(16(3)14-17)23-12-7-8-19-9-10-20-21-4/h5-6,10,13-14,19H,7-9,11-12H2,1-4H3/b6-5+,20-10?. The molecule has 0 bridgehead atoms. The molecular weight excluding hydrogens is 292 g/mol. The molecule has 1 aromatic carbocycles. The molecule has 0 fully saturated rings. The van der Waals surface area contributed by atoms with Gasteiger partial charge in [0.2, 0.25) is 0 Å². The van der Waals surface area contributed by atoms with E-state index < -0.39 is 0 Å². The van der Waals surface area contributed by atoms with Crippen molar-refractivity contribution in [1.29, 1.82) is 0 Å². The molecule has 128 valence electrons. The fraction of sp³-hybridized carbons (Fsp3) is 0.500. The molecule has 0 aromatic heterocycles. The highest BCUT2D eigenvalue weighted by molar-refractivity contribution is 5.58. The number of hydrogen-bond donors (Lipinski definition) is 1. The number of rotatable bonds is 11. The molecule has 0 aliphatic rings.